The minimum absolute atomic E-state index is 0.0139. The standard InChI is InChI=1S/C21H32N4O2/c26-20(13-16-5-2-1-3-6-16)22-18-7-4-12-24(15-18)19-10-11-21(27)25(23-19)14-17-8-9-17/h10-11,16-18H,1-9,12-15H2,(H,22,26). The monoisotopic (exact) mass is 372 g/mol. The van der Waals surface area contributed by atoms with Crippen molar-refractivity contribution in [3.63, 3.8) is 0 Å². The molecule has 3 fully saturated rings. The maximum atomic E-state index is 12.5. The molecule has 6 heteroatoms. The normalized spacial score (nSPS) is 24.0. The number of anilines is 1. The van der Waals surface area contributed by atoms with Gasteiger partial charge in [-0.25, -0.2) is 4.68 Å². The summed E-state index contributed by atoms with van der Waals surface area (Å²) in [6, 6.07) is 3.65. The third-order valence-electron chi connectivity index (χ3n) is 6.29. The van der Waals surface area contributed by atoms with E-state index in [1.165, 1.54) is 44.9 Å². The fourth-order valence-electron chi connectivity index (χ4n) is 4.53. The molecule has 0 aromatic carbocycles. The molecule has 1 saturated heterocycles. The molecule has 2 saturated carbocycles. The lowest BCUT2D eigenvalue weighted by Gasteiger charge is -2.34. The van der Waals surface area contributed by atoms with Gasteiger partial charge in [0.1, 0.15) is 5.82 Å². The van der Waals surface area contributed by atoms with Crippen LogP contribution in [0.5, 0.6) is 0 Å². The Hall–Kier alpha value is -1.85. The molecule has 1 amide bonds. The minimum atomic E-state index is -0.0139. The lowest BCUT2D eigenvalue weighted by atomic mass is 9.87. The van der Waals surface area contributed by atoms with Gasteiger partial charge in [-0.2, -0.15) is 5.10 Å². The second kappa shape index (κ2) is 8.44. The summed E-state index contributed by atoms with van der Waals surface area (Å²) < 4.78 is 1.62. The number of amides is 1. The molecule has 6 nitrogen and oxygen atoms in total. The molecule has 0 spiro atoms. The van der Waals surface area contributed by atoms with Gasteiger partial charge in [-0.3, -0.25) is 9.59 Å². The van der Waals surface area contributed by atoms with E-state index < -0.39 is 0 Å². The van der Waals surface area contributed by atoms with Gasteiger partial charge in [0.2, 0.25) is 5.91 Å². The minimum Gasteiger partial charge on any atom is -0.353 e. The molecular formula is C21H32N4O2. The Morgan fingerprint density at radius 2 is 1.85 bits per heavy atom. The third kappa shape index (κ3) is 5.11. The Labute approximate surface area is 161 Å². The Bertz CT molecular complexity index is 706. The van der Waals surface area contributed by atoms with Crippen LogP contribution in [0.25, 0.3) is 0 Å². The zero-order chi connectivity index (χ0) is 18.6. The summed E-state index contributed by atoms with van der Waals surface area (Å²) in [6.45, 7) is 2.46. The smallest absolute Gasteiger partial charge is 0.266 e. The van der Waals surface area contributed by atoms with Crippen molar-refractivity contribution in [2.45, 2.75) is 76.8 Å². The van der Waals surface area contributed by atoms with Crippen LogP contribution >= 0.6 is 0 Å². The van der Waals surface area contributed by atoms with Gasteiger partial charge in [0.05, 0.1) is 0 Å². The van der Waals surface area contributed by atoms with Crippen molar-refractivity contribution in [1.82, 2.24) is 15.1 Å². The van der Waals surface area contributed by atoms with E-state index in [0.29, 0.717) is 18.3 Å². The van der Waals surface area contributed by atoms with Crippen molar-refractivity contribution in [2.75, 3.05) is 18.0 Å². The van der Waals surface area contributed by atoms with Gasteiger partial charge >= 0.3 is 0 Å². The van der Waals surface area contributed by atoms with E-state index in [-0.39, 0.29) is 17.5 Å². The Morgan fingerprint density at radius 1 is 1.04 bits per heavy atom. The van der Waals surface area contributed by atoms with Gasteiger partial charge in [0, 0.05) is 38.2 Å². The lowest BCUT2D eigenvalue weighted by Crippen LogP contribution is -2.48. The molecule has 1 aromatic heterocycles. The van der Waals surface area contributed by atoms with E-state index in [9.17, 15) is 9.59 Å². The third-order valence-corrected chi connectivity index (χ3v) is 6.29. The first-order valence-electron chi connectivity index (χ1n) is 10.8. The van der Waals surface area contributed by atoms with Crippen LogP contribution < -0.4 is 15.8 Å². The van der Waals surface area contributed by atoms with Crippen LogP contribution in [0.2, 0.25) is 0 Å². The van der Waals surface area contributed by atoms with Crippen molar-refractivity contribution in [1.29, 1.82) is 0 Å². The van der Waals surface area contributed by atoms with E-state index in [4.69, 9.17) is 0 Å². The van der Waals surface area contributed by atoms with Crippen LogP contribution in [-0.2, 0) is 11.3 Å². The molecule has 1 atom stereocenters. The number of nitrogens with one attached hydrogen (secondary N) is 1. The Kier molecular flexibility index (Phi) is 5.79. The van der Waals surface area contributed by atoms with Gasteiger partial charge < -0.3 is 10.2 Å². The van der Waals surface area contributed by atoms with E-state index in [1.807, 2.05) is 6.07 Å². The van der Waals surface area contributed by atoms with Crippen LogP contribution in [0.1, 0.15) is 64.2 Å². The van der Waals surface area contributed by atoms with Gasteiger partial charge in [-0.15, -0.1) is 0 Å². The summed E-state index contributed by atoms with van der Waals surface area (Å²) in [5.41, 5.74) is -0.0139. The summed E-state index contributed by atoms with van der Waals surface area (Å²) >= 11 is 0. The first-order valence-corrected chi connectivity index (χ1v) is 10.8. The second-order valence-electron chi connectivity index (χ2n) is 8.72. The van der Waals surface area contributed by atoms with E-state index in [2.05, 4.69) is 15.3 Å². The number of rotatable bonds is 6. The highest BCUT2D eigenvalue weighted by Gasteiger charge is 2.26. The molecule has 0 bridgehead atoms. The number of nitrogens with zero attached hydrogens (tertiary/aromatic N) is 3. The molecule has 0 radical (unpaired) electrons. The molecule has 4 rings (SSSR count). The number of piperidine rings is 1. The molecule has 1 aromatic rings. The summed E-state index contributed by atoms with van der Waals surface area (Å²) in [5, 5.41) is 7.86. The zero-order valence-corrected chi connectivity index (χ0v) is 16.2. The van der Waals surface area contributed by atoms with Crippen molar-refractivity contribution in [3.8, 4) is 0 Å². The summed E-state index contributed by atoms with van der Waals surface area (Å²) in [6.07, 6.45) is 11.4. The summed E-state index contributed by atoms with van der Waals surface area (Å²) in [7, 11) is 0. The molecule has 1 aliphatic heterocycles. The molecule has 2 heterocycles. The predicted molar refractivity (Wildman–Crippen MR) is 106 cm³/mol. The molecule has 148 valence electrons. The van der Waals surface area contributed by atoms with Crippen molar-refractivity contribution in [2.24, 2.45) is 11.8 Å². The Morgan fingerprint density at radius 3 is 2.63 bits per heavy atom. The number of carbonyl (C=O) groups excluding carboxylic acids is 1. The number of aromatic nitrogens is 2. The van der Waals surface area contributed by atoms with Crippen LogP contribution in [0.3, 0.4) is 0 Å². The first kappa shape index (κ1) is 18.5. The molecule has 27 heavy (non-hydrogen) atoms. The summed E-state index contributed by atoms with van der Waals surface area (Å²) in [4.78, 5) is 26.7. The van der Waals surface area contributed by atoms with Crippen molar-refractivity contribution >= 4 is 11.7 Å². The average Bonchev–Trinajstić information content (AvgIpc) is 3.48. The Balaban J connectivity index is 1.33. The van der Waals surface area contributed by atoms with E-state index in [1.54, 1.807) is 10.7 Å². The van der Waals surface area contributed by atoms with Gasteiger partial charge in [0.15, 0.2) is 0 Å². The average molecular weight is 373 g/mol. The predicted octanol–water partition coefficient (Wildman–Crippen LogP) is 2.71. The highest BCUT2D eigenvalue weighted by molar-refractivity contribution is 5.76. The van der Waals surface area contributed by atoms with Crippen LogP contribution in [0, 0.1) is 11.8 Å². The molecular weight excluding hydrogens is 340 g/mol. The SMILES string of the molecule is O=C(CC1CCCCC1)NC1CCCN(c2ccc(=O)n(CC3CC3)n2)C1. The largest absolute Gasteiger partial charge is 0.353 e. The topological polar surface area (TPSA) is 67.2 Å². The number of hydrogen-bond acceptors (Lipinski definition) is 4. The van der Waals surface area contributed by atoms with Crippen molar-refractivity contribution in [3.05, 3.63) is 22.5 Å². The van der Waals surface area contributed by atoms with Crippen LogP contribution in [-0.4, -0.2) is 34.8 Å². The fraction of sp³-hybridized carbons (Fsp3) is 0.762. The number of hydrogen-bond donors (Lipinski definition) is 1. The van der Waals surface area contributed by atoms with Gasteiger partial charge in [-0.1, -0.05) is 19.3 Å². The lowest BCUT2D eigenvalue weighted by molar-refractivity contribution is -0.123. The molecule has 1 unspecified atom stereocenters. The second-order valence-corrected chi connectivity index (χ2v) is 8.72. The molecule has 1 N–H and O–H groups in total. The number of carbonyl (C=O) groups is 1. The highest BCUT2D eigenvalue weighted by atomic mass is 16.1. The van der Waals surface area contributed by atoms with Gasteiger partial charge in [-0.05, 0) is 56.4 Å². The van der Waals surface area contributed by atoms with Crippen molar-refractivity contribution < 1.29 is 4.79 Å². The maximum Gasteiger partial charge on any atom is 0.266 e. The summed E-state index contributed by atoms with van der Waals surface area (Å²) in [5.74, 6) is 2.27. The van der Waals surface area contributed by atoms with Gasteiger partial charge in [0.25, 0.3) is 5.56 Å². The van der Waals surface area contributed by atoms with E-state index >= 15 is 0 Å². The zero-order valence-electron chi connectivity index (χ0n) is 16.2. The maximum absolute atomic E-state index is 12.5. The quantitative estimate of drug-likeness (QED) is 0.834. The first-order chi connectivity index (χ1) is 13.2. The van der Waals surface area contributed by atoms with E-state index in [0.717, 1.165) is 38.3 Å². The molecule has 3 aliphatic rings. The van der Waals surface area contributed by atoms with Crippen LogP contribution in [0.15, 0.2) is 16.9 Å². The fourth-order valence-corrected chi connectivity index (χ4v) is 4.53. The van der Waals surface area contributed by atoms with Crippen LogP contribution in [0.4, 0.5) is 5.82 Å². The highest BCUT2D eigenvalue weighted by Crippen LogP contribution is 2.30. The molecule has 2 aliphatic carbocycles.